The van der Waals surface area contributed by atoms with Gasteiger partial charge in [0, 0.05) is 25.3 Å². The number of ether oxygens (including phenoxy) is 2. The first-order chi connectivity index (χ1) is 12.6. The summed E-state index contributed by atoms with van der Waals surface area (Å²) in [6.45, 7) is 3.49. The highest BCUT2D eigenvalue weighted by Gasteiger charge is 2.24. The topological polar surface area (TPSA) is 59.0 Å². The molecule has 0 spiro atoms. The zero-order valence-electron chi connectivity index (χ0n) is 15.1. The smallest absolute Gasteiger partial charge is 0.260 e. The van der Waals surface area contributed by atoms with Crippen LogP contribution in [-0.2, 0) is 16.1 Å². The number of benzene rings is 2. The summed E-state index contributed by atoms with van der Waals surface area (Å²) >= 11 is 0. The molecule has 1 heterocycles. The van der Waals surface area contributed by atoms with Gasteiger partial charge >= 0.3 is 0 Å². The Kier molecular flexibility index (Phi) is 6.12. The summed E-state index contributed by atoms with van der Waals surface area (Å²) in [4.78, 5) is 14.5. The summed E-state index contributed by atoms with van der Waals surface area (Å²) in [7, 11) is 0. The van der Waals surface area contributed by atoms with Gasteiger partial charge in [0.1, 0.15) is 11.5 Å². The number of phenols is 1. The highest BCUT2D eigenvalue weighted by molar-refractivity contribution is 5.78. The number of amides is 1. The SMILES string of the molecule is Cc1ccccc1OCC(=O)N(Cc1ccccc1O)CC1CCCO1. The van der Waals surface area contributed by atoms with Crippen molar-refractivity contribution in [1.29, 1.82) is 0 Å². The van der Waals surface area contributed by atoms with E-state index in [1.807, 2.05) is 43.3 Å². The van der Waals surface area contributed by atoms with E-state index in [2.05, 4.69) is 0 Å². The zero-order chi connectivity index (χ0) is 18.4. The fourth-order valence-electron chi connectivity index (χ4n) is 3.09. The van der Waals surface area contributed by atoms with Gasteiger partial charge in [0.25, 0.3) is 5.91 Å². The zero-order valence-corrected chi connectivity index (χ0v) is 15.1. The molecular formula is C21H25NO4. The minimum atomic E-state index is -0.119. The van der Waals surface area contributed by atoms with E-state index >= 15 is 0 Å². The monoisotopic (exact) mass is 355 g/mol. The first-order valence-electron chi connectivity index (χ1n) is 8.98. The Balaban J connectivity index is 1.68. The van der Waals surface area contributed by atoms with Crippen molar-refractivity contribution in [3.63, 3.8) is 0 Å². The molecule has 5 nitrogen and oxygen atoms in total. The first kappa shape index (κ1) is 18.3. The second kappa shape index (κ2) is 8.72. The van der Waals surface area contributed by atoms with Crippen LogP contribution in [0, 0.1) is 6.92 Å². The number of hydrogen-bond donors (Lipinski definition) is 1. The van der Waals surface area contributed by atoms with Gasteiger partial charge in [-0.1, -0.05) is 36.4 Å². The van der Waals surface area contributed by atoms with Crippen molar-refractivity contribution in [1.82, 2.24) is 4.90 Å². The maximum absolute atomic E-state index is 12.8. The number of nitrogens with zero attached hydrogens (tertiary/aromatic N) is 1. The highest BCUT2D eigenvalue weighted by Crippen LogP contribution is 2.21. The largest absolute Gasteiger partial charge is 0.508 e. The van der Waals surface area contributed by atoms with E-state index in [0.29, 0.717) is 18.8 Å². The predicted molar refractivity (Wildman–Crippen MR) is 99.2 cm³/mol. The van der Waals surface area contributed by atoms with Gasteiger partial charge in [-0.2, -0.15) is 0 Å². The van der Waals surface area contributed by atoms with Crippen molar-refractivity contribution in [2.75, 3.05) is 19.8 Å². The van der Waals surface area contributed by atoms with Gasteiger partial charge in [-0.25, -0.2) is 0 Å². The van der Waals surface area contributed by atoms with Gasteiger partial charge in [-0.3, -0.25) is 4.79 Å². The molecule has 0 saturated carbocycles. The molecule has 0 bridgehead atoms. The van der Waals surface area contributed by atoms with Crippen molar-refractivity contribution in [2.45, 2.75) is 32.4 Å². The molecule has 138 valence electrons. The number of hydrogen-bond acceptors (Lipinski definition) is 4. The van der Waals surface area contributed by atoms with Crippen LogP contribution in [0.3, 0.4) is 0 Å². The van der Waals surface area contributed by atoms with E-state index in [-0.39, 0.29) is 24.4 Å². The van der Waals surface area contributed by atoms with Crippen LogP contribution >= 0.6 is 0 Å². The number of para-hydroxylation sites is 2. The molecule has 1 fully saturated rings. The third-order valence-electron chi connectivity index (χ3n) is 4.60. The molecule has 0 aromatic heterocycles. The molecule has 26 heavy (non-hydrogen) atoms. The Bertz CT molecular complexity index is 740. The van der Waals surface area contributed by atoms with E-state index in [1.54, 1.807) is 17.0 Å². The number of rotatable bonds is 7. The van der Waals surface area contributed by atoms with Crippen molar-refractivity contribution < 1.29 is 19.4 Å². The standard InChI is InChI=1S/C21H25NO4/c1-16-7-2-5-11-20(16)26-15-21(24)22(14-18-9-6-12-25-18)13-17-8-3-4-10-19(17)23/h2-5,7-8,10-11,18,23H,6,9,12-15H2,1H3. The second-order valence-electron chi connectivity index (χ2n) is 6.59. The fraction of sp³-hybridized carbons (Fsp3) is 0.381. The summed E-state index contributed by atoms with van der Waals surface area (Å²) in [5, 5.41) is 10.0. The first-order valence-corrected chi connectivity index (χ1v) is 8.98. The van der Waals surface area contributed by atoms with Gasteiger partial charge in [-0.15, -0.1) is 0 Å². The summed E-state index contributed by atoms with van der Waals surface area (Å²) in [5.74, 6) is 0.782. The molecule has 1 unspecified atom stereocenters. The van der Waals surface area contributed by atoms with Crippen LogP contribution in [0.4, 0.5) is 0 Å². The van der Waals surface area contributed by atoms with Gasteiger partial charge < -0.3 is 19.5 Å². The van der Waals surface area contributed by atoms with Crippen LogP contribution in [0.15, 0.2) is 48.5 Å². The molecule has 1 atom stereocenters. The van der Waals surface area contributed by atoms with Crippen LogP contribution in [0.25, 0.3) is 0 Å². The van der Waals surface area contributed by atoms with Crippen LogP contribution in [0.5, 0.6) is 11.5 Å². The molecule has 0 aliphatic carbocycles. The van der Waals surface area contributed by atoms with Crippen molar-refractivity contribution in [3.8, 4) is 11.5 Å². The predicted octanol–water partition coefficient (Wildman–Crippen LogP) is 3.29. The minimum Gasteiger partial charge on any atom is -0.508 e. The van der Waals surface area contributed by atoms with E-state index in [4.69, 9.17) is 9.47 Å². The van der Waals surface area contributed by atoms with Gasteiger partial charge in [-0.05, 0) is 37.5 Å². The Morgan fingerprint density at radius 3 is 2.73 bits per heavy atom. The van der Waals surface area contributed by atoms with Gasteiger partial charge in [0.2, 0.25) is 0 Å². The van der Waals surface area contributed by atoms with E-state index in [0.717, 1.165) is 30.6 Å². The third kappa shape index (κ3) is 4.76. The van der Waals surface area contributed by atoms with Gasteiger partial charge in [0.15, 0.2) is 6.61 Å². The Morgan fingerprint density at radius 1 is 1.23 bits per heavy atom. The summed E-state index contributed by atoms with van der Waals surface area (Å²) in [5.41, 5.74) is 1.71. The number of carbonyl (C=O) groups is 1. The van der Waals surface area contributed by atoms with Crippen molar-refractivity contribution in [3.05, 3.63) is 59.7 Å². The van der Waals surface area contributed by atoms with Crippen LogP contribution in [0.1, 0.15) is 24.0 Å². The maximum Gasteiger partial charge on any atom is 0.260 e. The molecule has 2 aromatic carbocycles. The molecule has 1 N–H and O–H groups in total. The number of phenolic OH excluding ortho intramolecular Hbond substituents is 1. The van der Waals surface area contributed by atoms with E-state index < -0.39 is 0 Å². The molecule has 1 amide bonds. The van der Waals surface area contributed by atoms with E-state index in [9.17, 15) is 9.90 Å². The Hall–Kier alpha value is -2.53. The number of aryl methyl sites for hydroxylation is 1. The average molecular weight is 355 g/mol. The Labute approximate surface area is 154 Å². The molecule has 1 saturated heterocycles. The van der Waals surface area contributed by atoms with Crippen molar-refractivity contribution in [2.24, 2.45) is 0 Å². The Morgan fingerprint density at radius 2 is 2.00 bits per heavy atom. The normalized spacial score (nSPS) is 16.4. The highest BCUT2D eigenvalue weighted by atomic mass is 16.5. The third-order valence-corrected chi connectivity index (χ3v) is 4.60. The quantitative estimate of drug-likeness (QED) is 0.828. The summed E-state index contributed by atoms with van der Waals surface area (Å²) < 4.78 is 11.4. The molecule has 3 rings (SSSR count). The maximum atomic E-state index is 12.8. The molecule has 0 radical (unpaired) electrons. The molecular weight excluding hydrogens is 330 g/mol. The lowest BCUT2D eigenvalue weighted by Gasteiger charge is -2.26. The second-order valence-corrected chi connectivity index (χ2v) is 6.59. The molecule has 5 heteroatoms. The molecule has 1 aliphatic rings. The molecule has 2 aromatic rings. The summed E-state index contributed by atoms with van der Waals surface area (Å²) in [6, 6.07) is 14.7. The lowest BCUT2D eigenvalue weighted by Crippen LogP contribution is -2.39. The van der Waals surface area contributed by atoms with Crippen LogP contribution in [-0.4, -0.2) is 41.8 Å². The minimum absolute atomic E-state index is 0.0365. The van der Waals surface area contributed by atoms with E-state index in [1.165, 1.54) is 0 Å². The van der Waals surface area contributed by atoms with Crippen LogP contribution < -0.4 is 4.74 Å². The van der Waals surface area contributed by atoms with Gasteiger partial charge in [0.05, 0.1) is 6.10 Å². The average Bonchev–Trinajstić information content (AvgIpc) is 3.15. The van der Waals surface area contributed by atoms with Crippen molar-refractivity contribution >= 4 is 5.91 Å². The lowest BCUT2D eigenvalue weighted by atomic mass is 10.1. The number of carbonyl (C=O) groups excluding carboxylic acids is 1. The fourth-order valence-corrected chi connectivity index (χ4v) is 3.09. The lowest BCUT2D eigenvalue weighted by molar-refractivity contribution is -0.135. The summed E-state index contributed by atoms with van der Waals surface area (Å²) in [6.07, 6.45) is 2.01. The number of aromatic hydroxyl groups is 1. The van der Waals surface area contributed by atoms with Crippen LogP contribution in [0.2, 0.25) is 0 Å². The molecule has 1 aliphatic heterocycles.